The number of azo groups is 2. The molecule has 0 atom stereocenters. The number of fused-ring (bicyclic) bond motifs is 1. The molecule has 4 N–H and O–H groups in total. The lowest BCUT2D eigenvalue weighted by molar-refractivity contribution is 0.475. The molecule has 0 heterocycles. The van der Waals surface area contributed by atoms with Crippen molar-refractivity contribution in [2.75, 3.05) is 23.4 Å². The molecule has 0 fully saturated rings. The molecule has 0 aromatic heterocycles. The van der Waals surface area contributed by atoms with Crippen LogP contribution in [0.2, 0.25) is 0 Å². The Morgan fingerprint density at radius 3 is 1.82 bits per heavy atom. The van der Waals surface area contributed by atoms with Gasteiger partial charge in [-0.2, -0.15) is 8.42 Å². The largest absolute Gasteiger partial charge is 0.506 e. The van der Waals surface area contributed by atoms with Gasteiger partial charge in [0.15, 0.2) is 25.4 Å². The molecular weight excluding hydrogens is 647 g/mol. The molecule has 0 saturated carbocycles. The van der Waals surface area contributed by atoms with Crippen LogP contribution >= 0.6 is 0 Å². The molecule has 17 heteroatoms. The van der Waals surface area contributed by atoms with Crippen molar-refractivity contribution in [3.63, 3.8) is 0 Å². The van der Waals surface area contributed by atoms with Crippen LogP contribution in [0.25, 0.3) is 10.8 Å². The molecule has 0 spiro atoms. The summed E-state index contributed by atoms with van der Waals surface area (Å²) in [5.41, 5.74) is 0.156. The third-order valence-corrected chi connectivity index (χ3v) is 11.0. The van der Waals surface area contributed by atoms with Gasteiger partial charge in [0.2, 0.25) is 0 Å². The van der Waals surface area contributed by atoms with Gasteiger partial charge < -0.3 is 15.5 Å². The standard InChI is InChI=1S/C28H29N5O9S3/c1-4-29-22-12-10-20-19(27(22)33-30-21-11-7-18(44(38,39)6-3)16-26(21)45(40,41)42)9-13-23(28(20)35)31-32-24-15-17(8-14-25(24)34)43(36,37)5-2/h7-16,29,34-35H,4-6H2,1-3H3,(H,40,41,42)/b32-31+,33-30+. The number of rotatable bonds is 11. The Bertz CT molecular complexity index is 2180. The number of nitrogens with one attached hydrogen (secondary N) is 1. The monoisotopic (exact) mass is 675 g/mol. The maximum absolute atomic E-state index is 12.3. The van der Waals surface area contributed by atoms with Crippen LogP contribution in [0.4, 0.5) is 28.4 Å². The van der Waals surface area contributed by atoms with E-state index in [2.05, 4.69) is 25.8 Å². The summed E-state index contributed by atoms with van der Waals surface area (Å²) < 4.78 is 83.1. The second kappa shape index (κ2) is 12.9. The molecule has 4 aromatic rings. The Morgan fingerprint density at radius 2 is 1.20 bits per heavy atom. The third-order valence-electron chi connectivity index (χ3n) is 6.65. The highest BCUT2D eigenvalue weighted by Crippen LogP contribution is 2.43. The van der Waals surface area contributed by atoms with Crippen molar-refractivity contribution in [1.82, 2.24) is 0 Å². The van der Waals surface area contributed by atoms with Gasteiger partial charge in [0.1, 0.15) is 33.4 Å². The topological polar surface area (TPSA) is 225 Å². The lowest BCUT2D eigenvalue weighted by Gasteiger charge is -2.12. The number of phenolic OH excluding ortho intramolecular Hbond substituents is 2. The first-order valence-electron chi connectivity index (χ1n) is 13.4. The first-order chi connectivity index (χ1) is 21.1. The smallest absolute Gasteiger partial charge is 0.296 e. The number of hydrogen-bond donors (Lipinski definition) is 4. The zero-order valence-electron chi connectivity index (χ0n) is 24.2. The van der Waals surface area contributed by atoms with Crippen LogP contribution in [-0.2, 0) is 29.8 Å². The van der Waals surface area contributed by atoms with Crippen LogP contribution in [0.3, 0.4) is 0 Å². The second-order valence-corrected chi connectivity index (χ2v) is 15.4. The van der Waals surface area contributed by atoms with Gasteiger partial charge in [-0.1, -0.05) is 13.8 Å². The van der Waals surface area contributed by atoms with Gasteiger partial charge in [-0.3, -0.25) is 4.55 Å². The second-order valence-electron chi connectivity index (χ2n) is 9.48. The molecule has 45 heavy (non-hydrogen) atoms. The van der Waals surface area contributed by atoms with Crippen LogP contribution in [0.1, 0.15) is 20.8 Å². The summed E-state index contributed by atoms with van der Waals surface area (Å²) in [6.45, 7) is 5.16. The molecule has 4 rings (SSSR count). The Kier molecular flexibility index (Phi) is 9.57. The SMILES string of the molecule is CCNc1ccc2c(O)c(/N=N/c3cc(S(=O)(=O)CC)ccc3O)ccc2c1/N=N/c1ccc(S(=O)(=O)CC)cc1S(=O)(=O)O. The number of nitrogens with zero attached hydrogens (tertiary/aromatic N) is 4. The van der Waals surface area contributed by atoms with Crippen molar-refractivity contribution in [3.05, 3.63) is 60.7 Å². The van der Waals surface area contributed by atoms with E-state index in [0.717, 1.165) is 18.2 Å². The quantitative estimate of drug-likeness (QED) is 0.102. The fraction of sp³-hybridized carbons (Fsp3) is 0.214. The fourth-order valence-electron chi connectivity index (χ4n) is 4.18. The Morgan fingerprint density at radius 1 is 0.644 bits per heavy atom. The average Bonchev–Trinajstić information content (AvgIpc) is 3.00. The van der Waals surface area contributed by atoms with Gasteiger partial charge in [0.05, 0.1) is 27.0 Å². The number of hydrogen-bond acceptors (Lipinski definition) is 13. The Labute approximate surface area is 259 Å². The van der Waals surface area contributed by atoms with Crippen LogP contribution < -0.4 is 5.32 Å². The minimum atomic E-state index is -4.90. The first kappa shape index (κ1) is 33.4. The highest BCUT2D eigenvalue weighted by Gasteiger charge is 2.22. The summed E-state index contributed by atoms with van der Waals surface area (Å²) in [6.07, 6.45) is 0. The third kappa shape index (κ3) is 7.11. The van der Waals surface area contributed by atoms with E-state index in [4.69, 9.17) is 0 Å². The highest BCUT2D eigenvalue weighted by molar-refractivity contribution is 7.91. The molecule has 0 aliphatic heterocycles. The van der Waals surface area contributed by atoms with Crippen molar-refractivity contribution < 1.29 is 40.0 Å². The van der Waals surface area contributed by atoms with Gasteiger partial charge in [0.25, 0.3) is 10.1 Å². The van der Waals surface area contributed by atoms with Crippen LogP contribution in [0, 0.1) is 0 Å². The fourth-order valence-corrected chi connectivity index (χ4v) is 6.71. The van der Waals surface area contributed by atoms with E-state index in [-0.39, 0.29) is 60.9 Å². The number of aromatic hydroxyl groups is 2. The lowest BCUT2D eigenvalue weighted by Crippen LogP contribution is -2.06. The summed E-state index contributed by atoms with van der Waals surface area (Å²) in [5.74, 6) is -1.10. The summed E-state index contributed by atoms with van der Waals surface area (Å²) in [6, 6.07) is 12.8. The number of anilines is 1. The van der Waals surface area contributed by atoms with Crippen LogP contribution in [0.15, 0.2) is 95.8 Å². The minimum absolute atomic E-state index is 0.0221. The zero-order chi connectivity index (χ0) is 33.2. The number of sulfone groups is 2. The summed E-state index contributed by atoms with van der Waals surface area (Å²) in [4.78, 5) is -1.12. The molecule has 0 aliphatic carbocycles. The molecule has 14 nitrogen and oxygen atoms in total. The maximum Gasteiger partial charge on any atom is 0.296 e. The van der Waals surface area contributed by atoms with E-state index >= 15 is 0 Å². The van der Waals surface area contributed by atoms with Gasteiger partial charge in [-0.25, -0.2) is 16.8 Å². The van der Waals surface area contributed by atoms with Gasteiger partial charge in [-0.05, 0) is 67.6 Å². The zero-order valence-corrected chi connectivity index (χ0v) is 26.6. The van der Waals surface area contributed by atoms with Crippen LogP contribution in [0.5, 0.6) is 11.5 Å². The van der Waals surface area contributed by atoms with Crippen LogP contribution in [-0.4, -0.2) is 58.1 Å². The van der Waals surface area contributed by atoms with Crippen molar-refractivity contribution in [3.8, 4) is 11.5 Å². The number of benzene rings is 4. The summed E-state index contributed by atoms with van der Waals surface area (Å²) in [5, 5.41) is 41.1. The molecule has 4 aromatic carbocycles. The van der Waals surface area contributed by atoms with Gasteiger partial charge >= 0.3 is 0 Å². The Hall–Kier alpha value is -4.45. The Balaban J connectivity index is 1.82. The van der Waals surface area contributed by atoms with E-state index in [1.807, 2.05) is 6.92 Å². The molecule has 0 aliphatic rings. The predicted octanol–water partition coefficient (Wildman–Crippen LogP) is 6.35. The molecule has 0 unspecified atom stereocenters. The maximum atomic E-state index is 12.3. The number of phenols is 2. The van der Waals surface area contributed by atoms with E-state index in [1.54, 1.807) is 12.1 Å². The van der Waals surface area contributed by atoms with Gasteiger partial charge in [-0.15, -0.1) is 20.5 Å². The molecule has 0 bridgehead atoms. The van der Waals surface area contributed by atoms with E-state index in [9.17, 15) is 40.0 Å². The molecule has 238 valence electrons. The molecule has 0 radical (unpaired) electrons. The lowest BCUT2D eigenvalue weighted by atomic mass is 10.1. The summed E-state index contributed by atoms with van der Waals surface area (Å²) in [7, 11) is -12.3. The summed E-state index contributed by atoms with van der Waals surface area (Å²) >= 11 is 0. The van der Waals surface area contributed by atoms with E-state index in [1.165, 1.54) is 44.2 Å². The van der Waals surface area contributed by atoms with Crippen molar-refractivity contribution in [2.45, 2.75) is 35.5 Å². The van der Waals surface area contributed by atoms with E-state index < -0.39 is 34.7 Å². The minimum Gasteiger partial charge on any atom is -0.506 e. The normalized spacial score (nSPS) is 12.8. The van der Waals surface area contributed by atoms with Gasteiger partial charge in [0, 0.05) is 17.3 Å². The van der Waals surface area contributed by atoms with Crippen molar-refractivity contribution in [2.24, 2.45) is 20.5 Å². The van der Waals surface area contributed by atoms with Crippen molar-refractivity contribution in [1.29, 1.82) is 0 Å². The van der Waals surface area contributed by atoms with E-state index in [0.29, 0.717) is 17.6 Å². The molecular formula is C28H29N5O9S3. The van der Waals surface area contributed by atoms with Crippen molar-refractivity contribution >= 4 is 69.0 Å². The first-order valence-corrected chi connectivity index (χ1v) is 18.1. The molecule has 0 amide bonds. The molecule has 0 saturated heterocycles. The highest BCUT2D eigenvalue weighted by atomic mass is 32.2. The average molecular weight is 676 g/mol. The predicted molar refractivity (Wildman–Crippen MR) is 168 cm³/mol.